The topological polar surface area (TPSA) is 72.0 Å². The van der Waals surface area contributed by atoms with Crippen LogP contribution in [0.25, 0.3) is 10.9 Å². The Morgan fingerprint density at radius 1 is 1.30 bits per heavy atom. The summed E-state index contributed by atoms with van der Waals surface area (Å²) < 4.78 is 5.37. The number of thiophene rings is 1. The molecule has 3 aromatic rings. The monoisotopic (exact) mass is 328 g/mol. The molecule has 23 heavy (non-hydrogen) atoms. The number of aromatic amines is 1. The van der Waals surface area contributed by atoms with Crippen LogP contribution in [0.3, 0.4) is 0 Å². The van der Waals surface area contributed by atoms with E-state index in [2.05, 4.69) is 9.97 Å². The lowest BCUT2D eigenvalue weighted by Crippen LogP contribution is -2.17. The highest BCUT2D eigenvalue weighted by molar-refractivity contribution is 7.09. The molecule has 1 aromatic carbocycles. The molecule has 1 atom stereocenters. The summed E-state index contributed by atoms with van der Waals surface area (Å²) in [7, 11) is 0. The van der Waals surface area contributed by atoms with Gasteiger partial charge in [-0.1, -0.05) is 18.2 Å². The first-order valence-electron chi connectivity index (χ1n) is 7.34. The van der Waals surface area contributed by atoms with Crippen LogP contribution in [0.15, 0.2) is 46.6 Å². The maximum atomic E-state index is 12.0. The summed E-state index contributed by atoms with van der Waals surface area (Å²) in [6.07, 6.45) is 0.372. The lowest BCUT2D eigenvalue weighted by Gasteiger charge is -2.13. The van der Waals surface area contributed by atoms with E-state index in [0.29, 0.717) is 29.6 Å². The molecule has 5 nitrogen and oxygen atoms in total. The highest BCUT2D eigenvalue weighted by atomic mass is 32.1. The number of fused-ring (bicyclic) bond motifs is 1. The van der Waals surface area contributed by atoms with Crippen LogP contribution in [0, 0.1) is 0 Å². The average molecular weight is 328 g/mol. The van der Waals surface area contributed by atoms with Crippen LogP contribution in [-0.4, -0.2) is 15.9 Å². The largest absolute Gasteiger partial charge is 0.454 e. The van der Waals surface area contributed by atoms with Gasteiger partial charge in [-0.05, 0) is 36.9 Å². The van der Waals surface area contributed by atoms with Gasteiger partial charge < -0.3 is 9.72 Å². The number of rotatable bonds is 5. The summed E-state index contributed by atoms with van der Waals surface area (Å²) in [5.74, 6) is 0.0554. The van der Waals surface area contributed by atoms with Crippen LogP contribution in [0.5, 0.6) is 0 Å². The molecule has 0 spiro atoms. The molecule has 0 amide bonds. The average Bonchev–Trinajstić information content (AvgIpc) is 3.06. The minimum atomic E-state index is -0.594. The second-order valence-corrected chi connectivity index (χ2v) is 6.21. The van der Waals surface area contributed by atoms with E-state index in [0.717, 1.165) is 4.88 Å². The van der Waals surface area contributed by atoms with E-state index >= 15 is 0 Å². The first-order chi connectivity index (χ1) is 11.1. The number of hydrogen-bond acceptors (Lipinski definition) is 5. The Balaban J connectivity index is 1.69. The van der Waals surface area contributed by atoms with E-state index < -0.39 is 6.10 Å². The lowest BCUT2D eigenvalue weighted by molar-refractivity contribution is -0.148. The summed E-state index contributed by atoms with van der Waals surface area (Å²) in [5.41, 5.74) is 0.361. The highest BCUT2D eigenvalue weighted by Gasteiger charge is 2.15. The van der Waals surface area contributed by atoms with E-state index in [-0.39, 0.29) is 11.5 Å². The van der Waals surface area contributed by atoms with Crippen molar-refractivity contribution in [3.8, 4) is 0 Å². The van der Waals surface area contributed by atoms with Crippen molar-refractivity contribution in [1.29, 1.82) is 0 Å². The smallest absolute Gasteiger partial charge is 0.306 e. The number of ether oxygens (including phenoxy) is 1. The maximum absolute atomic E-state index is 12.0. The van der Waals surface area contributed by atoms with Crippen molar-refractivity contribution in [2.75, 3.05) is 0 Å². The van der Waals surface area contributed by atoms with Gasteiger partial charge in [0, 0.05) is 4.88 Å². The first-order valence-corrected chi connectivity index (χ1v) is 8.22. The molecule has 0 bridgehead atoms. The van der Waals surface area contributed by atoms with E-state index in [4.69, 9.17) is 4.74 Å². The predicted octanol–water partition coefficient (Wildman–Crippen LogP) is 3.22. The Labute approximate surface area is 137 Å². The van der Waals surface area contributed by atoms with Gasteiger partial charge in [0.1, 0.15) is 0 Å². The molecule has 0 radical (unpaired) electrons. The fraction of sp³-hybridized carbons (Fsp3) is 0.235. The van der Waals surface area contributed by atoms with Crippen molar-refractivity contribution >= 4 is 28.2 Å². The van der Waals surface area contributed by atoms with Gasteiger partial charge in [-0.25, -0.2) is 4.98 Å². The summed E-state index contributed by atoms with van der Waals surface area (Å²) in [6.45, 7) is 1.70. The molecule has 2 aromatic heterocycles. The Hall–Kier alpha value is -2.47. The standard InChI is InChI=1S/C17H16N2O3S/c1-11(22-15(20)9-8-12-5-4-10-23-12)16-18-14-7-3-2-6-13(14)17(21)19-16/h2-7,10-11H,8-9H2,1H3,(H,18,19,21)/t11-/m0/s1. The van der Waals surface area contributed by atoms with Gasteiger partial charge in [0.2, 0.25) is 0 Å². The van der Waals surface area contributed by atoms with Gasteiger partial charge in [-0.2, -0.15) is 0 Å². The van der Waals surface area contributed by atoms with Gasteiger partial charge in [-0.3, -0.25) is 9.59 Å². The van der Waals surface area contributed by atoms with Crippen LogP contribution in [0.1, 0.15) is 30.2 Å². The van der Waals surface area contributed by atoms with Crippen molar-refractivity contribution < 1.29 is 9.53 Å². The third kappa shape index (κ3) is 3.65. The van der Waals surface area contributed by atoms with Gasteiger partial charge in [0.05, 0.1) is 17.3 Å². The van der Waals surface area contributed by atoms with E-state index in [1.54, 1.807) is 36.5 Å². The second-order valence-electron chi connectivity index (χ2n) is 5.18. The summed E-state index contributed by atoms with van der Waals surface area (Å²) in [4.78, 5) is 32.2. The van der Waals surface area contributed by atoms with Crippen molar-refractivity contribution in [1.82, 2.24) is 9.97 Å². The quantitative estimate of drug-likeness (QED) is 0.730. The molecule has 0 aliphatic heterocycles. The molecule has 0 aliphatic carbocycles. The van der Waals surface area contributed by atoms with E-state index in [1.807, 2.05) is 23.6 Å². The van der Waals surface area contributed by atoms with Gasteiger partial charge >= 0.3 is 5.97 Å². The van der Waals surface area contributed by atoms with Crippen LogP contribution >= 0.6 is 11.3 Å². The Morgan fingerprint density at radius 2 is 2.13 bits per heavy atom. The van der Waals surface area contributed by atoms with Gasteiger partial charge in [0.25, 0.3) is 5.56 Å². The van der Waals surface area contributed by atoms with E-state index in [9.17, 15) is 9.59 Å². The Bertz CT molecular complexity index is 871. The van der Waals surface area contributed by atoms with Crippen LogP contribution in [0.4, 0.5) is 0 Å². The molecule has 0 fully saturated rings. The third-order valence-corrected chi connectivity index (χ3v) is 4.42. The molecule has 2 heterocycles. The molecule has 0 saturated heterocycles. The number of para-hydroxylation sites is 1. The zero-order valence-electron chi connectivity index (χ0n) is 12.6. The van der Waals surface area contributed by atoms with Gasteiger partial charge in [-0.15, -0.1) is 11.3 Å². The van der Waals surface area contributed by atoms with Crippen LogP contribution < -0.4 is 5.56 Å². The molecule has 0 aliphatic rings. The number of aromatic nitrogens is 2. The van der Waals surface area contributed by atoms with Crippen molar-refractivity contribution in [3.05, 3.63) is 62.8 Å². The fourth-order valence-electron chi connectivity index (χ4n) is 2.29. The zero-order chi connectivity index (χ0) is 16.2. The lowest BCUT2D eigenvalue weighted by atomic mass is 10.2. The number of nitrogens with one attached hydrogen (secondary N) is 1. The number of aryl methyl sites for hydroxylation is 1. The number of esters is 1. The molecule has 0 saturated carbocycles. The van der Waals surface area contributed by atoms with Crippen molar-refractivity contribution in [2.45, 2.75) is 25.9 Å². The van der Waals surface area contributed by atoms with E-state index in [1.165, 1.54) is 0 Å². The SMILES string of the molecule is C[C@H](OC(=O)CCc1cccs1)c1nc2ccccc2c(=O)[nH]1. The van der Waals surface area contributed by atoms with Crippen LogP contribution in [0.2, 0.25) is 0 Å². The van der Waals surface area contributed by atoms with Crippen LogP contribution in [-0.2, 0) is 16.0 Å². The summed E-state index contributed by atoms with van der Waals surface area (Å²) >= 11 is 1.62. The number of carbonyl (C=O) groups excluding carboxylic acids is 1. The number of hydrogen-bond donors (Lipinski definition) is 1. The number of benzene rings is 1. The summed E-state index contributed by atoms with van der Waals surface area (Å²) in [5, 5.41) is 2.50. The molecule has 3 rings (SSSR count). The number of nitrogens with zero attached hydrogens (tertiary/aromatic N) is 1. The molecular weight excluding hydrogens is 312 g/mol. The Morgan fingerprint density at radius 3 is 2.91 bits per heavy atom. The minimum absolute atomic E-state index is 0.230. The molecule has 1 N–H and O–H groups in total. The minimum Gasteiger partial charge on any atom is -0.454 e. The highest BCUT2D eigenvalue weighted by Crippen LogP contribution is 2.16. The third-order valence-electron chi connectivity index (χ3n) is 3.48. The maximum Gasteiger partial charge on any atom is 0.306 e. The molecule has 118 valence electrons. The first kappa shape index (κ1) is 15.4. The molecular formula is C17H16N2O3S. The summed E-state index contributed by atoms with van der Waals surface area (Å²) in [6, 6.07) is 11.0. The second kappa shape index (κ2) is 6.75. The van der Waals surface area contributed by atoms with Gasteiger partial charge in [0.15, 0.2) is 11.9 Å². The molecule has 6 heteroatoms. The normalized spacial score (nSPS) is 12.2. The Kier molecular flexibility index (Phi) is 4.52. The molecule has 0 unspecified atom stereocenters. The zero-order valence-corrected chi connectivity index (χ0v) is 13.4. The van der Waals surface area contributed by atoms with Crippen molar-refractivity contribution in [3.63, 3.8) is 0 Å². The number of carbonyl (C=O) groups is 1. The van der Waals surface area contributed by atoms with Crippen molar-refractivity contribution in [2.24, 2.45) is 0 Å². The number of H-pyrrole nitrogens is 1. The fourth-order valence-corrected chi connectivity index (χ4v) is 3.00. The predicted molar refractivity (Wildman–Crippen MR) is 89.5 cm³/mol.